The van der Waals surface area contributed by atoms with Gasteiger partial charge >= 0.3 is 0 Å². The van der Waals surface area contributed by atoms with Gasteiger partial charge in [-0.05, 0) is 76.6 Å². The second kappa shape index (κ2) is 7.35. The van der Waals surface area contributed by atoms with E-state index in [2.05, 4.69) is 19.2 Å². The van der Waals surface area contributed by atoms with E-state index < -0.39 is 5.60 Å². The molecular weight excluding hydrogens is 290 g/mol. The highest BCUT2D eigenvalue weighted by molar-refractivity contribution is 5.97. The lowest BCUT2D eigenvalue weighted by Crippen LogP contribution is -2.44. The van der Waals surface area contributed by atoms with Crippen LogP contribution in [0.15, 0.2) is 18.2 Å². The number of carbonyl (C=O) groups is 1. The molecule has 0 bridgehead atoms. The zero-order valence-electron chi connectivity index (χ0n) is 14.9. The van der Waals surface area contributed by atoms with Crippen LogP contribution in [-0.4, -0.2) is 24.2 Å². The van der Waals surface area contributed by atoms with Gasteiger partial charge in [0, 0.05) is 12.3 Å². The number of rotatable bonds is 8. The van der Waals surface area contributed by atoms with Crippen molar-refractivity contribution in [2.24, 2.45) is 5.92 Å². The van der Waals surface area contributed by atoms with Crippen LogP contribution in [0.3, 0.4) is 0 Å². The molecule has 2 atom stereocenters. The molecule has 0 heterocycles. The van der Waals surface area contributed by atoms with Crippen LogP contribution in [0.1, 0.15) is 52.5 Å². The molecule has 128 valence electrons. The molecular formula is C19H29NO3. The molecule has 1 aromatic rings. The van der Waals surface area contributed by atoms with Crippen LogP contribution in [0.4, 0.5) is 5.69 Å². The molecule has 1 aromatic carbocycles. The van der Waals surface area contributed by atoms with Gasteiger partial charge in [-0.1, -0.05) is 6.92 Å². The third kappa shape index (κ3) is 4.25. The van der Waals surface area contributed by atoms with Gasteiger partial charge in [-0.15, -0.1) is 0 Å². The fraction of sp³-hybridized carbons (Fsp3) is 0.632. The molecule has 0 radical (unpaired) electrons. The first-order valence-corrected chi connectivity index (χ1v) is 8.63. The Hall–Kier alpha value is -1.55. The second-order valence-electron chi connectivity index (χ2n) is 6.59. The van der Waals surface area contributed by atoms with E-state index in [1.807, 2.05) is 39.0 Å². The molecule has 0 saturated heterocycles. The molecule has 1 aliphatic carbocycles. The maximum Gasteiger partial charge on any atom is 0.256 e. The van der Waals surface area contributed by atoms with Gasteiger partial charge in [-0.3, -0.25) is 4.79 Å². The molecule has 1 aliphatic rings. The summed E-state index contributed by atoms with van der Waals surface area (Å²) < 4.78 is 11.6. The highest BCUT2D eigenvalue weighted by Crippen LogP contribution is 2.42. The normalized spacial score (nSPS) is 18.1. The largest absolute Gasteiger partial charge is 0.490 e. The average Bonchev–Trinajstić information content (AvgIpc) is 3.35. The zero-order valence-corrected chi connectivity index (χ0v) is 14.9. The first-order chi connectivity index (χ1) is 10.9. The first kappa shape index (κ1) is 17.8. The molecule has 4 heteroatoms. The van der Waals surface area contributed by atoms with Gasteiger partial charge in [0.2, 0.25) is 0 Å². The second-order valence-corrected chi connectivity index (χ2v) is 6.59. The maximum atomic E-state index is 12.7. The van der Waals surface area contributed by atoms with Crippen molar-refractivity contribution in [1.82, 2.24) is 0 Å². The van der Waals surface area contributed by atoms with E-state index in [4.69, 9.17) is 9.47 Å². The van der Waals surface area contributed by atoms with Crippen molar-refractivity contribution in [3.8, 4) is 5.75 Å². The minimum atomic E-state index is -0.728. The SMILES string of the molecule is CCOC(C)(C(=O)Nc1ccc(OC(C)CC)c(C)c1)C1CC1. The molecule has 1 N–H and O–H groups in total. The van der Waals surface area contributed by atoms with Crippen LogP contribution in [0.5, 0.6) is 5.75 Å². The number of amides is 1. The van der Waals surface area contributed by atoms with E-state index in [1.54, 1.807) is 0 Å². The number of nitrogens with one attached hydrogen (secondary N) is 1. The monoisotopic (exact) mass is 319 g/mol. The Morgan fingerprint density at radius 1 is 1.39 bits per heavy atom. The van der Waals surface area contributed by atoms with Gasteiger partial charge < -0.3 is 14.8 Å². The Morgan fingerprint density at radius 3 is 2.61 bits per heavy atom. The summed E-state index contributed by atoms with van der Waals surface area (Å²) in [6.45, 7) is 10.5. The fourth-order valence-corrected chi connectivity index (χ4v) is 2.72. The van der Waals surface area contributed by atoms with Crippen molar-refractivity contribution >= 4 is 11.6 Å². The number of hydrogen-bond acceptors (Lipinski definition) is 3. The van der Waals surface area contributed by atoms with Crippen molar-refractivity contribution in [1.29, 1.82) is 0 Å². The van der Waals surface area contributed by atoms with Gasteiger partial charge in [0.1, 0.15) is 11.4 Å². The summed E-state index contributed by atoms with van der Waals surface area (Å²) in [6.07, 6.45) is 3.27. The molecule has 0 aromatic heterocycles. The highest BCUT2D eigenvalue weighted by Gasteiger charge is 2.48. The lowest BCUT2D eigenvalue weighted by atomic mass is 9.98. The van der Waals surface area contributed by atoms with E-state index in [1.165, 1.54) is 0 Å². The Balaban J connectivity index is 2.07. The predicted molar refractivity (Wildman–Crippen MR) is 92.9 cm³/mol. The molecule has 0 spiro atoms. The van der Waals surface area contributed by atoms with E-state index in [-0.39, 0.29) is 12.0 Å². The predicted octanol–water partition coefficient (Wildman–Crippen LogP) is 4.32. The summed E-state index contributed by atoms with van der Waals surface area (Å²) in [5.74, 6) is 1.14. The van der Waals surface area contributed by atoms with Gasteiger partial charge in [0.15, 0.2) is 0 Å². The van der Waals surface area contributed by atoms with Crippen LogP contribution in [0.25, 0.3) is 0 Å². The summed E-state index contributed by atoms with van der Waals surface area (Å²) in [7, 11) is 0. The standard InChI is InChI=1S/C19H29NO3/c1-6-14(4)23-17-11-10-16(12-13(17)3)20-18(21)19(5,22-7-2)15-8-9-15/h10-12,14-15H,6-9H2,1-5H3,(H,20,21). The first-order valence-electron chi connectivity index (χ1n) is 8.63. The summed E-state index contributed by atoms with van der Waals surface area (Å²) >= 11 is 0. The third-order valence-corrected chi connectivity index (χ3v) is 4.59. The molecule has 2 unspecified atom stereocenters. The third-order valence-electron chi connectivity index (χ3n) is 4.59. The van der Waals surface area contributed by atoms with Crippen LogP contribution in [-0.2, 0) is 9.53 Å². The number of carbonyl (C=O) groups excluding carboxylic acids is 1. The van der Waals surface area contributed by atoms with E-state index >= 15 is 0 Å². The lowest BCUT2D eigenvalue weighted by Gasteiger charge is -2.28. The number of benzene rings is 1. The molecule has 1 fully saturated rings. The molecule has 1 saturated carbocycles. The Bertz CT molecular complexity index is 554. The number of ether oxygens (including phenoxy) is 2. The highest BCUT2D eigenvalue weighted by atomic mass is 16.5. The lowest BCUT2D eigenvalue weighted by molar-refractivity contribution is -0.141. The molecule has 4 nitrogen and oxygen atoms in total. The minimum absolute atomic E-state index is 0.0585. The maximum absolute atomic E-state index is 12.7. The van der Waals surface area contributed by atoms with Gasteiger partial charge in [-0.25, -0.2) is 0 Å². The molecule has 23 heavy (non-hydrogen) atoms. The van der Waals surface area contributed by atoms with E-state index in [0.717, 1.165) is 36.3 Å². The molecule has 0 aliphatic heterocycles. The Kier molecular flexibility index (Phi) is 5.69. The Morgan fingerprint density at radius 2 is 2.09 bits per heavy atom. The van der Waals surface area contributed by atoms with Crippen LogP contribution >= 0.6 is 0 Å². The number of aryl methyl sites for hydroxylation is 1. The van der Waals surface area contributed by atoms with E-state index in [9.17, 15) is 4.79 Å². The van der Waals surface area contributed by atoms with Crippen molar-refractivity contribution in [3.05, 3.63) is 23.8 Å². The summed E-state index contributed by atoms with van der Waals surface area (Å²) in [6, 6.07) is 5.77. The van der Waals surface area contributed by atoms with Gasteiger partial charge in [-0.2, -0.15) is 0 Å². The van der Waals surface area contributed by atoms with Crippen molar-refractivity contribution in [3.63, 3.8) is 0 Å². The summed E-state index contributed by atoms with van der Waals surface area (Å²) in [5, 5.41) is 3.00. The topological polar surface area (TPSA) is 47.6 Å². The van der Waals surface area contributed by atoms with Gasteiger partial charge in [0.05, 0.1) is 6.10 Å². The van der Waals surface area contributed by atoms with E-state index in [0.29, 0.717) is 12.5 Å². The molecule has 2 rings (SSSR count). The fourth-order valence-electron chi connectivity index (χ4n) is 2.72. The van der Waals surface area contributed by atoms with Crippen LogP contribution in [0, 0.1) is 12.8 Å². The minimum Gasteiger partial charge on any atom is -0.490 e. The van der Waals surface area contributed by atoms with Gasteiger partial charge in [0.25, 0.3) is 5.91 Å². The quantitative estimate of drug-likeness (QED) is 0.776. The smallest absolute Gasteiger partial charge is 0.256 e. The number of anilines is 1. The van der Waals surface area contributed by atoms with Crippen molar-refractivity contribution in [2.45, 2.75) is 65.6 Å². The Labute approximate surface area is 139 Å². The summed E-state index contributed by atoms with van der Waals surface area (Å²) in [4.78, 5) is 12.7. The number of hydrogen-bond donors (Lipinski definition) is 1. The summed E-state index contributed by atoms with van der Waals surface area (Å²) in [5.41, 5.74) is 1.08. The zero-order chi connectivity index (χ0) is 17.0. The molecule has 1 amide bonds. The average molecular weight is 319 g/mol. The van der Waals surface area contributed by atoms with Crippen molar-refractivity contribution < 1.29 is 14.3 Å². The van der Waals surface area contributed by atoms with Crippen LogP contribution < -0.4 is 10.1 Å². The van der Waals surface area contributed by atoms with Crippen molar-refractivity contribution in [2.75, 3.05) is 11.9 Å². The van der Waals surface area contributed by atoms with Crippen LogP contribution in [0.2, 0.25) is 0 Å².